The van der Waals surface area contributed by atoms with Crippen LogP contribution in [0.1, 0.15) is 150 Å². The molecule has 2 amide bonds. The van der Waals surface area contributed by atoms with Gasteiger partial charge in [-0.25, -0.2) is 4.79 Å². The molecular formula is C28H57N3O. The number of nitrogens with zero attached hydrogens (tertiary/aromatic N) is 1. The zero-order valence-corrected chi connectivity index (χ0v) is 22.4. The van der Waals surface area contributed by atoms with Crippen LogP contribution in [0.25, 0.3) is 0 Å². The molecule has 0 saturated carbocycles. The number of amides is 2. The van der Waals surface area contributed by atoms with E-state index >= 15 is 0 Å². The van der Waals surface area contributed by atoms with Crippen molar-refractivity contribution in [3.63, 3.8) is 0 Å². The minimum absolute atomic E-state index is 0.0365. The van der Waals surface area contributed by atoms with Crippen LogP contribution in [0.15, 0.2) is 0 Å². The molecule has 0 bridgehead atoms. The lowest BCUT2D eigenvalue weighted by atomic mass is 9.79. The van der Waals surface area contributed by atoms with Crippen molar-refractivity contribution in [2.45, 2.75) is 167 Å². The van der Waals surface area contributed by atoms with Crippen molar-refractivity contribution < 1.29 is 4.79 Å². The molecule has 1 aliphatic rings. The summed E-state index contributed by atoms with van der Waals surface area (Å²) < 4.78 is 0. The zero-order valence-electron chi connectivity index (χ0n) is 22.4. The van der Waals surface area contributed by atoms with Crippen molar-refractivity contribution in [3.05, 3.63) is 0 Å². The third kappa shape index (κ3) is 13.7. The van der Waals surface area contributed by atoms with E-state index in [1.54, 1.807) is 0 Å². The first-order valence-corrected chi connectivity index (χ1v) is 14.0. The van der Waals surface area contributed by atoms with Crippen LogP contribution in [0.2, 0.25) is 0 Å². The van der Waals surface area contributed by atoms with Gasteiger partial charge in [0.15, 0.2) is 0 Å². The van der Waals surface area contributed by atoms with Crippen LogP contribution < -0.4 is 11.1 Å². The first kappa shape index (κ1) is 29.3. The molecule has 0 unspecified atom stereocenters. The summed E-state index contributed by atoms with van der Waals surface area (Å²) in [6.45, 7) is 12.0. The molecule has 1 saturated heterocycles. The summed E-state index contributed by atoms with van der Waals surface area (Å²) in [5.74, 6) is 0. The Balaban J connectivity index is 2.04. The van der Waals surface area contributed by atoms with Crippen molar-refractivity contribution in [1.82, 2.24) is 10.2 Å². The molecule has 1 fully saturated rings. The number of nitrogens with one attached hydrogen (secondary N) is 1. The lowest BCUT2D eigenvalue weighted by Crippen LogP contribution is -2.63. The normalized spacial score (nSPS) is 18.0. The number of rotatable bonds is 18. The molecule has 0 atom stereocenters. The second-order valence-electron chi connectivity index (χ2n) is 11.8. The van der Waals surface area contributed by atoms with Gasteiger partial charge in [0.1, 0.15) is 0 Å². The molecule has 0 spiro atoms. The largest absolute Gasteiger partial charge is 0.351 e. The molecule has 0 aromatic heterocycles. The average molecular weight is 452 g/mol. The van der Waals surface area contributed by atoms with Crippen LogP contribution in [0, 0.1) is 0 Å². The van der Waals surface area contributed by atoms with Crippen molar-refractivity contribution in [2.75, 3.05) is 6.54 Å². The molecule has 1 rings (SSSR count). The Morgan fingerprint density at radius 2 is 1.06 bits per heavy atom. The second kappa shape index (κ2) is 16.0. The van der Waals surface area contributed by atoms with E-state index in [-0.39, 0.29) is 23.2 Å². The van der Waals surface area contributed by atoms with Gasteiger partial charge in [-0.15, -0.1) is 0 Å². The van der Waals surface area contributed by atoms with Gasteiger partial charge < -0.3 is 16.0 Å². The quantitative estimate of drug-likeness (QED) is 0.208. The molecule has 1 heterocycles. The Morgan fingerprint density at radius 1 is 0.719 bits per heavy atom. The number of unbranched alkanes of at least 4 members (excludes halogenated alkanes) is 15. The fourth-order valence-corrected chi connectivity index (χ4v) is 5.79. The van der Waals surface area contributed by atoms with Crippen molar-refractivity contribution in [3.8, 4) is 0 Å². The third-order valence-corrected chi connectivity index (χ3v) is 7.15. The van der Waals surface area contributed by atoms with Crippen molar-refractivity contribution in [2.24, 2.45) is 5.73 Å². The van der Waals surface area contributed by atoms with Gasteiger partial charge >= 0.3 is 6.03 Å². The number of hydrogen-bond acceptors (Lipinski definition) is 2. The predicted molar refractivity (Wildman–Crippen MR) is 140 cm³/mol. The molecule has 4 nitrogen and oxygen atoms in total. The highest BCUT2D eigenvalue weighted by Crippen LogP contribution is 2.31. The molecule has 3 N–H and O–H groups in total. The zero-order chi connectivity index (χ0) is 23.9. The summed E-state index contributed by atoms with van der Waals surface area (Å²) in [6.07, 6.45) is 23.8. The summed E-state index contributed by atoms with van der Waals surface area (Å²) in [6, 6.07) is -0.000417. The van der Waals surface area contributed by atoms with Gasteiger partial charge in [0.05, 0.1) is 0 Å². The Labute approximate surface area is 200 Å². The van der Waals surface area contributed by atoms with Gasteiger partial charge in [-0.1, -0.05) is 103 Å². The highest BCUT2D eigenvalue weighted by molar-refractivity contribution is 5.72. The second-order valence-corrected chi connectivity index (χ2v) is 11.8. The Hall–Kier alpha value is -0.770. The number of urea groups is 1. The SMILES string of the molecule is CCCCCCCCCCCCCCCCCCN(C(N)=O)C1CC(C)(C)NC(C)(C)C1. The Morgan fingerprint density at radius 3 is 1.41 bits per heavy atom. The summed E-state index contributed by atoms with van der Waals surface area (Å²) in [5, 5.41) is 3.70. The van der Waals surface area contributed by atoms with Crippen molar-refractivity contribution >= 4 is 6.03 Å². The molecule has 1 aliphatic heterocycles. The van der Waals surface area contributed by atoms with Crippen LogP contribution in [0.5, 0.6) is 0 Å². The van der Waals surface area contributed by atoms with E-state index in [1.165, 1.54) is 96.3 Å². The minimum atomic E-state index is -0.246. The maximum absolute atomic E-state index is 12.1. The van der Waals surface area contributed by atoms with E-state index in [0.717, 1.165) is 25.8 Å². The first-order valence-electron chi connectivity index (χ1n) is 14.0. The number of hydrogen-bond donors (Lipinski definition) is 2. The van der Waals surface area contributed by atoms with Gasteiger partial charge in [0.2, 0.25) is 0 Å². The van der Waals surface area contributed by atoms with E-state index < -0.39 is 0 Å². The van der Waals surface area contributed by atoms with Gasteiger partial charge in [-0.3, -0.25) is 0 Å². The van der Waals surface area contributed by atoms with E-state index in [1.807, 2.05) is 4.90 Å². The van der Waals surface area contributed by atoms with Crippen LogP contribution in [-0.4, -0.2) is 34.6 Å². The molecule has 0 aromatic rings. The van der Waals surface area contributed by atoms with Crippen molar-refractivity contribution in [1.29, 1.82) is 0 Å². The molecule has 4 heteroatoms. The Bertz CT molecular complexity index is 473. The van der Waals surface area contributed by atoms with Crippen LogP contribution in [0.3, 0.4) is 0 Å². The van der Waals surface area contributed by atoms with Gasteiger partial charge in [0.25, 0.3) is 0 Å². The number of primary amides is 1. The topological polar surface area (TPSA) is 58.4 Å². The fraction of sp³-hybridized carbons (Fsp3) is 0.964. The highest BCUT2D eigenvalue weighted by Gasteiger charge is 2.40. The van der Waals surface area contributed by atoms with Gasteiger partial charge in [-0.05, 0) is 47.0 Å². The lowest BCUT2D eigenvalue weighted by Gasteiger charge is -2.49. The van der Waals surface area contributed by atoms with Crippen LogP contribution in [-0.2, 0) is 0 Å². The monoisotopic (exact) mass is 451 g/mol. The van der Waals surface area contributed by atoms with Gasteiger partial charge in [0, 0.05) is 23.7 Å². The number of piperidine rings is 1. The Kier molecular flexibility index (Phi) is 14.6. The standard InChI is InChI=1S/C28H57N3O/c1-6-7-8-9-10-11-12-13-14-15-16-17-18-19-20-21-22-31(26(29)32)25-23-27(2,3)30-28(4,5)24-25/h25,30H,6-24H2,1-5H3,(H2,29,32). The molecule has 0 radical (unpaired) electrons. The summed E-state index contributed by atoms with van der Waals surface area (Å²) >= 11 is 0. The average Bonchev–Trinajstić information content (AvgIpc) is 2.67. The van der Waals surface area contributed by atoms with E-state index in [9.17, 15) is 4.79 Å². The van der Waals surface area contributed by atoms with Crippen LogP contribution in [0.4, 0.5) is 4.79 Å². The maximum Gasteiger partial charge on any atom is 0.315 e. The maximum atomic E-state index is 12.1. The fourth-order valence-electron chi connectivity index (χ4n) is 5.79. The third-order valence-electron chi connectivity index (χ3n) is 7.15. The molecule has 32 heavy (non-hydrogen) atoms. The minimum Gasteiger partial charge on any atom is -0.351 e. The first-order chi connectivity index (χ1) is 15.2. The molecule has 0 aliphatic carbocycles. The van der Waals surface area contributed by atoms with Crippen LogP contribution >= 0.6 is 0 Å². The highest BCUT2D eigenvalue weighted by atomic mass is 16.2. The van der Waals surface area contributed by atoms with Gasteiger partial charge in [-0.2, -0.15) is 0 Å². The summed E-state index contributed by atoms with van der Waals surface area (Å²) in [7, 11) is 0. The summed E-state index contributed by atoms with van der Waals surface area (Å²) in [5.41, 5.74) is 5.85. The predicted octanol–water partition coefficient (Wildman–Crippen LogP) is 7.94. The van der Waals surface area contributed by atoms with E-state index in [4.69, 9.17) is 5.73 Å². The smallest absolute Gasteiger partial charge is 0.315 e. The summed E-state index contributed by atoms with van der Waals surface area (Å²) in [4.78, 5) is 14.1. The molecular weight excluding hydrogens is 394 g/mol. The molecule has 190 valence electrons. The van der Waals surface area contributed by atoms with E-state index in [0.29, 0.717) is 0 Å². The lowest BCUT2D eigenvalue weighted by molar-refractivity contribution is 0.0846. The number of nitrogens with two attached hydrogens (primary N) is 1. The number of carbonyl (C=O) groups excluding carboxylic acids is 1. The van der Waals surface area contributed by atoms with E-state index in [2.05, 4.69) is 39.9 Å². The molecule has 0 aromatic carbocycles. The number of carbonyl (C=O) groups is 1.